The Bertz CT molecular complexity index is 550. The summed E-state index contributed by atoms with van der Waals surface area (Å²) in [7, 11) is 1.46. The lowest BCUT2D eigenvalue weighted by Crippen LogP contribution is -2.09. The SMILES string of the molecule is COC(c1ccccc1)c1oc(N)nc1C(=O)O. The van der Waals surface area contributed by atoms with Crippen LogP contribution >= 0.6 is 0 Å². The van der Waals surface area contributed by atoms with Crippen LogP contribution in [0.5, 0.6) is 0 Å². The molecule has 0 aliphatic rings. The second-order valence-corrected chi connectivity index (χ2v) is 3.60. The van der Waals surface area contributed by atoms with Gasteiger partial charge in [0, 0.05) is 7.11 Å². The second kappa shape index (κ2) is 4.89. The Kier molecular flexibility index (Phi) is 3.29. The highest BCUT2D eigenvalue weighted by molar-refractivity contribution is 5.87. The number of nitrogen functional groups attached to an aromatic ring is 1. The number of ether oxygens (including phenoxy) is 1. The van der Waals surface area contributed by atoms with Gasteiger partial charge in [0.15, 0.2) is 11.5 Å². The highest BCUT2D eigenvalue weighted by Gasteiger charge is 2.27. The molecular formula is C12H12N2O4. The lowest BCUT2D eigenvalue weighted by Gasteiger charge is -2.13. The van der Waals surface area contributed by atoms with Gasteiger partial charge in [-0.15, -0.1) is 0 Å². The molecule has 1 atom stereocenters. The first kappa shape index (κ1) is 12.1. The number of carbonyl (C=O) groups is 1. The van der Waals surface area contributed by atoms with Crippen LogP contribution in [0.1, 0.15) is 27.9 Å². The molecule has 0 spiro atoms. The predicted molar refractivity (Wildman–Crippen MR) is 63.2 cm³/mol. The molecule has 2 aromatic rings. The Hall–Kier alpha value is -2.34. The number of nitrogens with zero attached hydrogens (tertiary/aromatic N) is 1. The quantitative estimate of drug-likeness (QED) is 0.854. The number of aromatic nitrogens is 1. The lowest BCUT2D eigenvalue weighted by atomic mass is 10.1. The van der Waals surface area contributed by atoms with E-state index in [1.165, 1.54) is 7.11 Å². The molecule has 1 unspecified atom stereocenters. The van der Waals surface area contributed by atoms with Gasteiger partial charge >= 0.3 is 5.97 Å². The fraction of sp³-hybridized carbons (Fsp3) is 0.167. The summed E-state index contributed by atoms with van der Waals surface area (Å²) >= 11 is 0. The average Bonchev–Trinajstić information content (AvgIpc) is 2.74. The number of anilines is 1. The highest BCUT2D eigenvalue weighted by Crippen LogP contribution is 2.29. The number of carboxylic acids is 1. The highest BCUT2D eigenvalue weighted by atomic mass is 16.5. The Morgan fingerprint density at radius 2 is 2.11 bits per heavy atom. The fourth-order valence-corrected chi connectivity index (χ4v) is 1.70. The van der Waals surface area contributed by atoms with Gasteiger partial charge < -0.3 is 20.0 Å². The topological polar surface area (TPSA) is 98.6 Å². The Labute approximate surface area is 103 Å². The Morgan fingerprint density at radius 1 is 1.44 bits per heavy atom. The zero-order valence-corrected chi connectivity index (χ0v) is 9.66. The standard InChI is InChI=1S/C12H12N2O4/c1-17-9(7-5-3-2-4-6-7)10-8(11(15)16)14-12(13)18-10/h2-6,9H,1H3,(H2,13,14)(H,15,16). The Morgan fingerprint density at radius 3 is 2.67 bits per heavy atom. The molecule has 3 N–H and O–H groups in total. The van der Waals surface area contributed by atoms with Crippen LogP contribution in [0.3, 0.4) is 0 Å². The van der Waals surface area contributed by atoms with E-state index >= 15 is 0 Å². The molecule has 0 aliphatic carbocycles. The smallest absolute Gasteiger partial charge is 0.358 e. The van der Waals surface area contributed by atoms with Crippen molar-refractivity contribution < 1.29 is 19.1 Å². The van der Waals surface area contributed by atoms with Crippen LogP contribution < -0.4 is 5.73 Å². The van der Waals surface area contributed by atoms with Gasteiger partial charge in [-0.1, -0.05) is 30.3 Å². The third-order valence-corrected chi connectivity index (χ3v) is 2.45. The summed E-state index contributed by atoms with van der Waals surface area (Å²) in [6.07, 6.45) is -0.651. The van der Waals surface area contributed by atoms with Crippen LogP contribution in [0.15, 0.2) is 34.7 Å². The Balaban J connectivity index is 2.48. The van der Waals surface area contributed by atoms with Crippen LogP contribution in [0, 0.1) is 0 Å². The molecule has 0 saturated carbocycles. The van der Waals surface area contributed by atoms with Gasteiger partial charge in [-0.05, 0) is 5.56 Å². The van der Waals surface area contributed by atoms with Gasteiger partial charge in [-0.3, -0.25) is 0 Å². The van der Waals surface area contributed by atoms with Crippen LogP contribution in [0.25, 0.3) is 0 Å². The molecule has 2 rings (SSSR count). The van der Waals surface area contributed by atoms with E-state index in [0.717, 1.165) is 5.56 Å². The number of carboxylic acid groups (broad SMARTS) is 1. The molecule has 0 fully saturated rings. The molecule has 0 radical (unpaired) electrons. The van der Waals surface area contributed by atoms with Gasteiger partial charge in [0.05, 0.1) is 0 Å². The maximum Gasteiger partial charge on any atom is 0.358 e. The maximum absolute atomic E-state index is 11.1. The molecule has 1 aromatic heterocycles. The summed E-state index contributed by atoms with van der Waals surface area (Å²) in [4.78, 5) is 14.7. The summed E-state index contributed by atoms with van der Waals surface area (Å²) in [6.45, 7) is 0. The summed E-state index contributed by atoms with van der Waals surface area (Å²) in [6, 6.07) is 8.91. The van der Waals surface area contributed by atoms with E-state index in [9.17, 15) is 4.79 Å². The van der Waals surface area contributed by atoms with Crippen molar-refractivity contribution in [2.45, 2.75) is 6.10 Å². The summed E-state index contributed by atoms with van der Waals surface area (Å²) in [5.41, 5.74) is 5.92. The second-order valence-electron chi connectivity index (χ2n) is 3.60. The third kappa shape index (κ3) is 2.18. The lowest BCUT2D eigenvalue weighted by molar-refractivity contribution is 0.0673. The molecular weight excluding hydrogens is 236 g/mol. The summed E-state index contributed by atoms with van der Waals surface area (Å²) in [5, 5.41) is 9.04. The molecule has 94 valence electrons. The minimum atomic E-state index is -1.21. The van der Waals surface area contributed by atoms with Crippen molar-refractivity contribution in [3.05, 3.63) is 47.3 Å². The third-order valence-electron chi connectivity index (χ3n) is 2.45. The maximum atomic E-state index is 11.1. The van der Waals surface area contributed by atoms with Crippen molar-refractivity contribution in [2.24, 2.45) is 0 Å². The van der Waals surface area contributed by atoms with Gasteiger partial charge in [0.2, 0.25) is 0 Å². The van der Waals surface area contributed by atoms with Crippen molar-refractivity contribution >= 4 is 12.0 Å². The number of nitrogens with two attached hydrogens (primary N) is 1. The van der Waals surface area contributed by atoms with E-state index in [1.807, 2.05) is 18.2 Å². The number of hydrogen-bond donors (Lipinski definition) is 2. The van der Waals surface area contributed by atoms with Crippen molar-refractivity contribution in [3.63, 3.8) is 0 Å². The van der Waals surface area contributed by atoms with E-state index in [2.05, 4.69) is 4.98 Å². The predicted octanol–water partition coefficient (Wildman–Crippen LogP) is 1.69. The van der Waals surface area contributed by atoms with Crippen LogP contribution in [-0.4, -0.2) is 23.2 Å². The number of benzene rings is 1. The first-order valence-corrected chi connectivity index (χ1v) is 5.20. The van der Waals surface area contributed by atoms with Crippen molar-refractivity contribution in [2.75, 3.05) is 12.8 Å². The van der Waals surface area contributed by atoms with Crippen molar-refractivity contribution in [1.29, 1.82) is 0 Å². The molecule has 1 aromatic carbocycles. The van der Waals surface area contributed by atoms with Gasteiger partial charge in [0.1, 0.15) is 6.10 Å². The first-order valence-electron chi connectivity index (χ1n) is 5.20. The number of hydrogen-bond acceptors (Lipinski definition) is 5. The number of oxazole rings is 1. The van der Waals surface area contributed by atoms with Crippen molar-refractivity contribution in [3.8, 4) is 0 Å². The molecule has 6 nitrogen and oxygen atoms in total. The monoisotopic (exact) mass is 248 g/mol. The summed E-state index contributed by atoms with van der Waals surface area (Å²) < 4.78 is 10.4. The van der Waals surface area contributed by atoms with E-state index in [1.54, 1.807) is 12.1 Å². The van der Waals surface area contributed by atoms with E-state index in [0.29, 0.717) is 0 Å². The molecule has 0 amide bonds. The molecule has 0 bridgehead atoms. The molecule has 18 heavy (non-hydrogen) atoms. The fourth-order valence-electron chi connectivity index (χ4n) is 1.70. The number of rotatable bonds is 4. The van der Waals surface area contributed by atoms with E-state index < -0.39 is 12.1 Å². The van der Waals surface area contributed by atoms with E-state index in [-0.39, 0.29) is 17.5 Å². The van der Waals surface area contributed by atoms with Crippen LogP contribution in [0.4, 0.5) is 6.01 Å². The van der Waals surface area contributed by atoms with Crippen molar-refractivity contribution in [1.82, 2.24) is 4.98 Å². The zero-order valence-electron chi connectivity index (χ0n) is 9.66. The zero-order chi connectivity index (χ0) is 13.1. The van der Waals surface area contributed by atoms with Gasteiger partial charge in [-0.25, -0.2) is 4.79 Å². The first-order chi connectivity index (χ1) is 8.63. The molecule has 0 aliphatic heterocycles. The van der Waals surface area contributed by atoms with Crippen LogP contribution in [0.2, 0.25) is 0 Å². The van der Waals surface area contributed by atoms with Crippen LogP contribution in [-0.2, 0) is 4.74 Å². The summed E-state index contributed by atoms with van der Waals surface area (Å²) in [5.74, 6) is -1.11. The van der Waals surface area contributed by atoms with Gasteiger partial charge in [0.25, 0.3) is 6.01 Å². The molecule has 6 heteroatoms. The normalized spacial score (nSPS) is 12.3. The minimum absolute atomic E-state index is 0.0914. The largest absolute Gasteiger partial charge is 0.476 e. The minimum Gasteiger partial charge on any atom is -0.476 e. The molecule has 1 heterocycles. The molecule has 0 saturated heterocycles. The number of methoxy groups -OCH3 is 1. The van der Waals surface area contributed by atoms with E-state index in [4.69, 9.17) is 20.0 Å². The van der Waals surface area contributed by atoms with Gasteiger partial charge in [-0.2, -0.15) is 4.98 Å². The average molecular weight is 248 g/mol. The number of aromatic carboxylic acids is 1.